The van der Waals surface area contributed by atoms with Crippen LogP contribution in [0.1, 0.15) is 84.3 Å². The summed E-state index contributed by atoms with van der Waals surface area (Å²) < 4.78 is 49.4. The molecule has 4 aliphatic rings. The fraction of sp³-hybridized carbons (Fsp3) is 0.667. The van der Waals surface area contributed by atoms with Crippen LogP contribution in [-0.2, 0) is 20.7 Å². The SMILES string of the molecule is Cc1ccc(CC(=O)C2CCC3C4CN(C(=O)OC(C)(C)C)C5=CC(=O)CC[C@]5(C)C4CC[C@]23C)c(OC(F)(F)F)c1. The van der Waals surface area contributed by atoms with Crippen molar-refractivity contribution in [1.82, 2.24) is 4.90 Å². The van der Waals surface area contributed by atoms with Crippen LogP contribution in [0.5, 0.6) is 5.75 Å². The Morgan fingerprint density at radius 3 is 2.43 bits per heavy atom. The van der Waals surface area contributed by atoms with Crippen molar-refractivity contribution >= 4 is 17.7 Å². The van der Waals surface area contributed by atoms with Gasteiger partial charge in [0.1, 0.15) is 17.1 Å². The molecule has 0 bridgehead atoms. The molecule has 6 nitrogen and oxygen atoms in total. The van der Waals surface area contributed by atoms with Crippen LogP contribution in [0.4, 0.5) is 18.0 Å². The van der Waals surface area contributed by atoms with E-state index in [9.17, 15) is 27.6 Å². The molecule has 1 aromatic rings. The highest BCUT2D eigenvalue weighted by Gasteiger charge is 2.62. The van der Waals surface area contributed by atoms with Crippen LogP contribution >= 0.6 is 0 Å². The van der Waals surface area contributed by atoms with E-state index in [4.69, 9.17) is 4.74 Å². The smallest absolute Gasteiger partial charge is 0.443 e. The van der Waals surface area contributed by atoms with E-state index in [1.807, 2.05) is 20.8 Å². The number of Topliss-reactive ketones (excluding diaryl/α,β-unsaturated/α-hetero) is 1. The Balaban J connectivity index is 1.42. The molecule has 42 heavy (non-hydrogen) atoms. The molecule has 230 valence electrons. The van der Waals surface area contributed by atoms with Gasteiger partial charge in [-0.3, -0.25) is 14.5 Å². The summed E-state index contributed by atoms with van der Waals surface area (Å²) in [7, 11) is 0. The Kier molecular flexibility index (Phi) is 7.58. The molecule has 0 aromatic heterocycles. The van der Waals surface area contributed by atoms with Gasteiger partial charge in [0.25, 0.3) is 0 Å². The minimum atomic E-state index is -4.84. The number of ketones is 2. The fourth-order valence-electron chi connectivity index (χ4n) is 8.66. The van der Waals surface area contributed by atoms with Crippen molar-refractivity contribution in [3.8, 4) is 5.75 Å². The Labute approximate surface area is 246 Å². The number of carbonyl (C=O) groups excluding carboxylic acids is 3. The van der Waals surface area contributed by atoms with Gasteiger partial charge in [0.2, 0.25) is 0 Å². The predicted octanol–water partition coefficient (Wildman–Crippen LogP) is 7.57. The molecule has 9 heteroatoms. The Bertz CT molecular complexity index is 1310. The van der Waals surface area contributed by atoms with Crippen molar-refractivity contribution in [3.63, 3.8) is 0 Å². The van der Waals surface area contributed by atoms with E-state index in [0.717, 1.165) is 25.0 Å². The number of ether oxygens (including phenoxy) is 2. The van der Waals surface area contributed by atoms with Crippen LogP contribution in [0.3, 0.4) is 0 Å². The number of halogens is 3. The highest BCUT2D eigenvalue weighted by molar-refractivity contribution is 5.92. The molecule has 5 rings (SSSR count). The minimum Gasteiger partial charge on any atom is -0.443 e. The zero-order chi connectivity index (χ0) is 30.8. The normalized spacial score (nSPS) is 32.8. The minimum absolute atomic E-state index is 0.0200. The third kappa shape index (κ3) is 5.60. The molecule has 1 saturated heterocycles. The Hall–Kier alpha value is -2.84. The van der Waals surface area contributed by atoms with Gasteiger partial charge in [0.15, 0.2) is 5.78 Å². The van der Waals surface area contributed by atoms with Gasteiger partial charge in [-0.25, -0.2) is 4.79 Å². The van der Waals surface area contributed by atoms with Gasteiger partial charge in [-0.2, -0.15) is 0 Å². The molecule has 4 unspecified atom stereocenters. The first-order valence-corrected chi connectivity index (χ1v) is 15.0. The van der Waals surface area contributed by atoms with Gasteiger partial charge in [-0.1, -0.05) is 26.0 Å². The lowest BCUT2D eigenvalue weighted by Crippen LogP contribution is -2.59. The highest BCUT2D eigenvalue weighted by atomic mass is 19.4. The summed E-state index contributed by atoms with van der Waals surface area (Å²) in [6, 6.07) is 4.58. The first-order valence-electron chi connectivity index (χ1n) is 15.0. The summed E-state index contributed by atoms with van der Waals surface area (Å²) in [5, 5.41) is 0. The second kappa shape index (κ2) is 10.4. The standard InChI is InChI=1S/C33H42F3NO5/c1-19-7-8-20(27(15-19)41-33(34,35)36)16-26(39)25-10-9-23-22-18-37(29(40)42-30(2,3)4)28-17-21(38)11-13-32(28,6)24(22)12-14-31(23,25)5/h7-8,15,17,22-25H,9-14,16,18H2,1-6H3/t22?,23?,24?,25?,31-,32+/m0/s1. The lowest BCUT2D eigenvalue weighted by Gasteiger charge is -2.60. The number of nitrogens with zero attached hydrogens (tertiary/aromatic N) is 1. The van der Waals surface area contributed by atoms with Gasteiger partial charge in [-0.05, 0) is 94.6 Å². The van der Waals surface area contributed by atoms with Crippen molar-refractivity contribution in [2.24, 2.45) is 34.5 Å². The number of rotatable bonds is 4. The number of likely N-dealkylation sites (tertiary alicyclic amines) is 1. The molecular weight excluding hydrogens is 547 g/mol. The van der Waals surface area contributed by atoms with Crippen molar-refractivity contribution in [2.45, 2.75) is 98.5 Å². The molecule has 1 amide bonds. The molecular formula is C33H42F3NO5. The summed E-state index contributed by atoms with van der Waals surface area (Å²) in [6.07, 6.45) is 0.470. The van der Waals surface area contributed by atoms with Crippen LogP contribution < -0.4 is 4.74 Å². The van der Waals surface area contributed by atoms with E-state index in [0.29, 0.717) is 31.4 Å². The maximum atomic E-state index is 13.8. The number of hydrogen-bond donors (Lipinski definition) is 0. The molecule has 1 aromatic carbocycles. The van der Waals surface area contributed by atoms with Crippen LogP contribution in [0, 0.1) is 41.4 Å². The third-order valence-electron chi connectivity index (χ3n) is 10.5. The lowest BCUT2D eigenvalue weighted by atomic mass is 9.49. The van der Waals surface area contributed by atoms with Gasteiger partial charge in [0.05, 0.1) is 0 Å². The van der Waals surface area contributed by atoms with Gasteiger partial charge in [0, 0.05) is 48.1 Å². The number of allylic oxidation sites excluding steroid dienone is 2. The van der Waals surface area contributed by atoms with Crippen molar-refractivity contribution in [1.29, 1.82) is 0 Å². The first-order chi connectivity index (χ1) is 19.4. The third-order valence-corrected chi connectivity index (χ3v) is 10.5. The number of aryl methyl sites for hydroxylation is 1. The van der Waals surface area contributed by atoms with Crippen LogP contribution in [0.25, 0.3) is 0 Å². The van der Waals surface area contributed by atoms with Gasteiger partial charge >= 0.3 is 12.5 Å². The molecule has 2 saturated carbocycles. The molecule has 6 atom stereocenters. The number of alkyl halides is 3. The van der Waals surface area contributed by atoms with Gasteiger partial charge in [-0.15, -0.1) is 13.2 Å². The molecule has 1 aliphatic heterocycles. The maximum absolute atomic E-state index is 13.8. The van der Waals surface area contributed by atoms with E-state index in [-0.39, 0.29) is 63.8 Å². The Morgan fingerprint density at radius 2 is 1.76 bits per heavy atom. The lowest BCUT2D eigenvalue weighted by molar-refractivity contribution is -0.274. The topological polar surface area (TPSA) is 72.9 Å². The van der Waals surface area contributed by atoms with Crippen molar-refractivity contribution in [3.05, 3.63) is 41.1 Å². The summed E-state index contributed by atoms with van der Waals surface area (Å²) in [5.74, 6) is -0.125. The van der Waals surface area contributed by atoms with Crippen LogP contribution in [0.2, 0.25) is 0 Å². The van der Waals surface area contributed by atoms with Crippen molar-refractivity contribution < 1.29 is 37.0 Å². The molecule has 3 fully saturated rings. The number of carbonyl (C=O) groups is 3. The number of hydrogen-bond acceptors (Lipinski definition) is 5. The number of amides is 1. The zero-order valence-electron chi connectivity index (χ0n) is 25.4. The molecule has 1 heterocycles. The average Bonchev–Trinajstić information content (AvgIpc) is 3.21. The zero-order valence-corrected chi connectivity index (χ0v) is 25.4. The van der Waals surface area contributed by atoms with Crippen molar-refractivity contribution in [2.75, 3.05) is 6.54 Å². The first kappa shape index (κ1) is 30.6. The monoisotopic (exact) mass is 589 g/mol. The quantitative estimate of drug-likeness (QED) is 0.362. The molecule has 0 spiro atoms. The highest BCUT2D eigenvalue weighted by Crippen LogP contribution is 2.65. The number of fused-ring (bicyclic) bond motifs is 5. The van der Waals surface area contributed by atoms with E-state index < -0.39 is 18.1 Å². The summed E-state index contributed by atoms with van der Waals surface area (Å²) in [4.78, 5) is 41.5. The second-order valence-electron chi connectivity index (χ2n) is 14.4. The largest absolute Gasteiger partial charge is 0.573 e. The average molecular weight is 590 g/mol. The van der Waals surface area contributed by atoms with Gasteiger partial charge < -0.3 is 9.47 Å². The van der Waals surface area contributed by atoms with Crippen LogP contribution in [0.15, 0.2) is 30.0 Å². The van der Waals surface area contributed by atoms with E-state index in [2.05, 4.69) is 18.6 Å². The molecule has 0 radical (unpaired) electrons. The van der Waals surface area contributed by atoms with E-state index in [1.165, 1.54) is 6.07 Å². The van der Waals surface area contributed by atoms with E-state index >= 15 is 0 Å². The molecule has 0 N–H and O–H groups in total. The Morgan fingerprint density at radius 1 is 1.05 bits per heavy atom. The molecule has 3 aliphatic carbocycles. The summed E-state index contributed by atoms with van der Waals surface area (Å²) >= 11 is 0. The number of piperidine rings is 1. The maximum Gasteiger partial charge on any atom is 0.573 e. The van der Waals surface area contributed by atoms with E-state index in [1.54, 1.807) is 30.0 Å². The van der Waals surface area contributed by atoms with Crippen LogP contribution in [-0.4, -0.2) is 41.1 Å². The predicted molar refractivity (Wildman–Crippen MR) is 150 cm³/mol. The number of benzene rings is 1. The second-order valence-corrected chi connectivity index (χ2v) is 14.4. The summed E-state index contributed by atoms with van der Waals surface area (Å²) in [5.41, 5.74) is 0.222. The fourth-order valence-corrected chi connectivity index (χ4v) is 8.66. The summed E-state index contributed by atoms with van der Waals surface area (Å²) in [6.45, 7) is 11.9.